The molecule has 0 radical (unpaired) electrons. The van der Waals surface area contributed by atoms with Crippen LogP contribution >= 0.6 is 0 Å². The molecule has 0 amide bonds. The van der Waals surface area contributed by atoms with E-state index in [2.05, 4.69) is 189 Å². The van der Waals surface area contributed by atoms with E-state index in [-0.39, 0.29) is 5.92 Å². The Kier molecular flexibility index (Phi) is 6.11. The molecule has 5 heteroatoms. The standard InChI is InChI=1S/C49H32N4O/c1-2-11-34(12-3-1)52-46-30-33(24-28-45(46)53-44-19-8-6-17-41(44)50-49(52)53)32-23-27-43-40(29-32)37-13-4-7-18-42(37)51(43)35-25-21-31(22-26-35)36-15-10-16-39-38-14-5-9-20-47(38)54-48(36)39/h1-15,17-30,39H,16H2. The first-order valence-electron chi connectivity index (χ1n) is 18.6. The van der Waals surface area contributed by atoms with E-state index < -0.39 is 0 Å². The van der Waals surface area contributed by atoms with Gasteiger partial charge in [0.15, 0.2) is 0 Å². The molecule has 4 heterocycles. The average Bonchev–Trinajstić information content (AvgIpc) is 3.98. The Labute approximate surface area is 310 Å². The minimum Gasteiger partial charge on any atom is -0.460 e. The molecule has 7 aromatic carbocycles. The summed E-state index contributed by atoms with van der Waals surface area (Å²) in [5.41, 5.74) is 14.9. The lowest BCUT2D eigenvalue weighted by Crippen LogP contribution is -2.05. The molecule has 3 aromatic heterocycles. The molecule has 0 spiro atoms. The molecule has 0 bridgehead atoms. The van der Waals surface area contributed by atoms with E-state index in [4.69, 9.17) is 9.72 Å². The highest BCUT2D eigenvalue weighted by Crippen LogP contribution is 2.48. The van der Waals surface area contributed by atoms with Gasteiger partial charge in [-0.1, -0.05) is 103 Å². The van der Waals surface area contributed by atoms with E-state index in [1.165, 1.54) is 38.5 Å². The largest absolute Gasteiger partial charge is 0.460 e. The summed E-state index contributed by atoms with van der Waals surface area (Å²) in [6, 6.07) is 58.8. The average molecular weight is 693 g/mol. The molecule has 0 N–H and O–H groups in total. The van der Waals surface area contributed by atoms with Gasteiger partial charge in [-0.2, -0.15) is 0 Å². The number of fused-ring (bicyclic) bond motifs is 11. The number of allylic oxidation sites excluding steroid dienone is 4. The lowest BCUT2D eigenvalue weighted by Gasteiger charge is -2.18. The number of ether oxygens (including phenoxy) is 1. The third-order valence-electron chi connectivity index (χ3n) is 11.4. The molecule has 1 unspecified atom stereocenters. The number of para-hydroxylation sites is 5. The topological polar surface area (TPSA) is 36.4 Å². The first-order valence-corrected chi connectivity index (χ1v) is 18.6. The van der Waals surface area contributed by atoms with Gasteiger partial charge < -0.3 is 9.30 Å². The Morgan fingerprint density at radius 3 is 2.09 bits per heavy atom. The maximum atomic E-state index is 6.44. The van der Waals surface area contributed by atoms with E-state index in [1.54, 1.807) is 0 Å². The number of benzene rings is 7. The lowest BCUT2D eigenvalue weighted by atomic mass is 9.87. The summed E-state index contributed by atoms with van der Waals surface area (Å²) in [5, 5.41) is 2.46. The molecule has 1 atom stereocenters. The van der Waals surface area contributed by atoms with Gasteiger partial charge >= 0.3 is 0 Å². The SMILES string of the molecule is C1=CC(c2ccc(-n3c4ccccc4c4cc(-c5ccc6c(c5)n(-c5ccccc5)c5nc7ccccc7n65)ccc43)cc2)=C2Oc3ccccc3C2C1. The van der Waals surface area contributed by atoms with E-state index >= 15 is 0 Å². The van der Waals surface area contributed by atoms with Crippen molar-refractivity contribution in [1.29, 1.82) is 0 Å². The lowest BCUT2D eigenvalue weighted by molar-refractivity contribution is 0.429. The molecule has 10 aromatic rings. The summed E-state index contributed by atoms with van der Waals surface area (Å²) in [5.74, 6) is 3.24. The molecule has 0 saturated carbocycles. The highest BCUT2D eigenvalue weighted by molar-refractivity contribution is 6.10. The highest BCUT2D eigenvalue weighted by Gasteiger charge is 2.33. The third-order valence-corrected chi connectivity index (χ3v) is 11.4. The summed E-state index contributed by atoms with van der Waals surface area (Å²) in [6.45, 7) is 0. The zero-order valence-corrected chi connectivity index (χ0v) is 29.2. The predicted molar refractivity (Wildman–Crippen MR) is 220 cm³/mol. The van der Waals surface area contributed by atoms with Crippen molar-refractivity contribution in [3.05, 3.63) is 193 Å². The minimum atomic E-state index is 0.280. The van der Waals surface area contributed by atoms with Gasteiger partial charge in [0, 0.05) is 39.2 Å². The first kappa shape index (κ1) is 29.5. The minimum absolute atomic E-state index is 0.280. The van der Waals surface area contributed by atoms with Crippen LogP contribution in [0, 0.1) is 0 Å². The van der Waals surface area contributed by atoms with Gasteiger partial charge in [0.05, 0.1) is 33.1 Å². The second-order valence-electron chi connectivity index (χ2n) is 14.4. The monoisotopic (exact) mass is 692 g/mol. The molecule has 254 valence electrons. The normalized spacial score (nSPS) is 15.1. The number of imidazole rings is 2. The summed E-state index contributed by atoms with van der Waals surface area (Å²) < 4.78 is 13.4. The van der Waals surface area contributed by atoms with Crippen molar-refractivity contribution in [2.75, 3.05) is 0 Å². The van der Waals surface area contributed by atoms with E-state index in [9.17, 15) is 0 Å². The molecule has 2 aliphatic rings. The maximum absolute atomic E-state index is 6.44. The van der Waals surface area contributed by atoms with Crippen molar-refractivity contribution in [3.63, 3.8) is 0 Å². The Morgan fingerprint density at radius 1 is 0.519 bits per heavy atom. The zero-order chi connectivity index (χ0) is 35.3. The molecule has 0 saturated heterocycles. The van der Waals surface area contributed by atoms with Gasteiger partial charge in [-0.05, 0) is 95.9 Å². The van der Waals surface area contributed by atoms with Crippen molar-refractivity contribution in [2.45, 2.75) is 12.3 Å². The first-order chi connectivity index (χ1) is 26.8. The van der Waals surface area contributed by atoms with Crippen LogP contribution in [0.5, 0.6) is 5.75 Å². The summed E-state index contributed by atoms with van der Waals surface area (Å²) in [6.07, 6.45) is 5.48. The molecule has 1 aliphatic carbocycles. The van der Waals surface area contributed by atoms with Crippen LogP contribution in [0.25, 0.3) is 77.7 Å². The van der Waals surface area contributed by atoms with Crippen molar-refractivity contribution >= 4 is 55.2 Å². The summed E-state index contributed by atoms with van der Waals surface area (Å²) >= 11 is 0. The zero-order valence-electron chi connectivity index (χ0n) is 29.2. The van der Waals surface area contributed by atoms with Crippen LogP contribution in [-0.4, -0.2) is 18.5 Å². The highest BCUT2D eigenvalue weighted by atomic mass is 16.5. The van der Waals surface area contributed by atoms with Gasteiger partial charge in [-0.3, -0.25) is 8.97 Å². The molecule has 5 nitrogen and oxygen atoms in total. The van der Waals surface area contributed by atoms with Crippen LogP contribution in [-0.2, 0) is 0 Å². The van der Waals surface area contributed by atoms with Crippen LogP contribution in [0.2, 0.25) is 0 Å². The Balaban J connectivity index is 0.982. The molecular weight excluding hydrogens is 661 g/mol. The molecular formula is C49H32N4O. The molecule has 54 heavy (non-hydrogen) atoms. The Morgan fingerprint density at radius 2 is 1.20 bits per heavy atom. The quantitative estimate of drug-likeness (QED) is 0.184. The Bertz CT molecular complexity index is 3210. The number of aromatic nitrogens is 4. The third kappa shape index (κ3) is 4.18. The molecule has 1 aliphatic heterocycles. The molecule has 12 rings (SSSR count). The van der Waals surface area contributed by atoms with Crippen molar-refractivity contribution in [1.82, 2.24) is 18.5 Å². The predicted octanol–water partition coefficient (Wildman–Crippen LogP) is 12.0. The smallest absolute Gasteiger partial charge is 0.220 e. The van der Waals surface area contributed by atoms with Crippen LogP contribution in [0.15, 0.2) is 182 Å². The van der Waals surface area contributed by atoms with Gasteiger partial charge in [0.25, 0.3) is 0 Å². The summed E-state index contributed by atoms with van der Waals surface area (Å²) in [7, 11) is 0. The Hall–Kier alpha value is -7.11. The van der Waals surface area contributed by atoms with Crippen molar-refractivity contribution in [3.8, 4) is 28.3 Å². The number of nitrogens with zero attached hydrogens (tertiary/aromatic N) is 4. The van der Waals surface area contributed by atoms with Gasteiger partial charge in [0.2, 0.25) is 5.78 Å². The fraction of sp³-hybridized carbons (Fsp3) is 0.0408. The van der Waals surface area contributed by atoms with Crippen LogP contribution in [0.1, 0.15) is 23.5 Å². The number of hydrogen-bond donors (Lipinski definition) is 0. The van der Waals surface area contributed by atoms with Crippen molar-refractivity contribution < 1.29 is 4.74 Å². The van der Waals surface area contributed by atoms with Gasteiger partial charge in [-0.25, -0.2) is 4.98 Å². The second kappa shape index (κ2) is 11.2. The van der Waals surface area contributed by atoms with Crippen LogP contribution in [0.3, 0.4) is 0 Å². The summed E-state index contributed by atoms with van der Waals surface area (Å²) in [4.78, 5) is 5.10. The maximum Gasteiger partial charge on any atom is 0.220 e. The van der Waals surface area contributed by atoms with Crippen molar-refractivity contribution in [2.24, 2.45) is 0 Å². The van der Waals surface area contributed by atoms with Gasteiger partial charge in [-0.15, -0.1) is 0 Å². The number of hydrogen-bond acceptors (Lipinski definition) is 2. The molecule has 0 fully saturated rings. The van der Waals surface area contributed by atoms with E-state index in [0.717, 1.165) is 68.3 Å². The second-order valence-corrected chi connectivity index (χ2v) is 14.4. The fourth-order valence-electron chi connectivity index (χ4n) is 8.94. The van der Waals surface area contributed by atoms with E-state index in [0.29, 0.717) is 0 Å². The number of rotatable bonds is 4. The van der Waals surface area contributed by atoms with Crippen LogP contribution < -0.4 is 4.74 Å². The van der Waals surface area contributed by atoms with E-state index in [1.807, 2.05) is 0 Å². The van der Waals surface area contributed by atoms with Gasteiger partial charge in [0.1, 0.15) is 11.5 Å². The van der Waals surface area contributed by atoms with Crippen LogP contribution in [0.4, 0.5) is 0 Å². The fourth-order valence-corrected chi connectivity index (χ4v) is 8.94.